The van der Waals surface area contributed by atoms with E-state index >= 15 is 0 Å². The molecule has 0 N–H and O–H groups in total. The molecular formula is C16H19N3O2. The van der Waals surface area contributed by atoms with Crippen molar-refractivity contribution in [3.05, 3.63) is 36.2 Å². The molecule has 0 aliphatic heterocycles. The van der Waals surface area contributed by atoms with Gasteiger partial charge in [0, 0.05) is 30.5 Å². The highest BCUT2D eigenvalue weighted by Gasteiger charge is 2.17. The lowest BCUT2D eigenvalue weighted by atomic mass is 10.2. The molecule has 0 bridgehead atoms. The molecule has 2 heterocycles. The molecule has 110 valence electrons. The zero-order valence-electron chi connectivity index (χ0n) is 12.5. The van der Waals surface area contributed by atoms with Crippen LogP contribution in [0.1, 0.15) is 25.7 Å². The van der Waals surface area contributed by atoms with Crippen LogP contribution in [0.2, 0.25) is 0 Å². The number of rotatable bonds is 5. The smallest absolute Gasteiger partial charge is 0.264 e. The lowest BCUT2D eigenvalue weighted by Crippen LogP contribution is -2.05. The number of hydrogen-bond donors (Lipinski definition) is 0. The largest absolute Gasteiger partial charge is 0.419 e. The molecule has 0 atom stereocenters. The first-order valence-corrected chi connectivity index (χ1v) is 7.11. The molecule has 0 spiro atoms. The summed E-state index contributed by atoms with van der Waals surface area (Å²) in [5.74, 6) is 1.45. The Kier molecular flexibility index (Phi) is 3.75. The molecule has 5 heteroatoms. The summed E-state index contributed by atoms with van der Waals surface area (Å²) in [4.78, 5) is 0. The zero-order valence-corrected chi connectivity index (χ0v) is 12.5. The molecule has 0 radical (unpaired) electrons. The molecule has 3 rings (SSSR count). The number of methoxy groups -OCH3 is 1. The monoisotopic (exact) mass is 285 g/mol. The number of fused-ring (bicyclic) bond motifs is 1. The summed E-state index contributed by atoms with van der Waals surface area (Å²) in [6.45, 7) is 5.46. The van der Waals surface area contributed by atoms with E-state index in [9.17, 15) is 0 Å². The first-order chi connectivity index (χ1) is 10.2. The fraction of sp³-hybridized carbons (Fsp3) is 0.375. The second-order valence-electron chi connectivity index (χ2n) is 5.33. The Morgan fingerprint density at radius 3 is 2.76 bits per heavy atom. The van der Waals surface area contributed by atoms with Crippen LogP contribution in [0.3, 0.4) is 0 Å². The van der Waals surface area contributed by atoms with Crippen LogP contribution in [0.4, 0.5) is 0 Å². The van der Waals surface area contributed by atoms with Crippen molar-refractivity contribution >= 4 is 10.9 Å². The first-order valence-electron chi connectivity index (χ1n) is 7.11. The Labute approximate surface area is 123 Å². The van der Waals surface area contributed by atoms with Gasteiger partial charge in [0.25, 0.3) is 5.89 Å². The minimum atomic E-state index is 0.225. The van der Waals surface area contributed by atoms with Crippen LogP contribution in [0.15, 0.2) is 34.7 Å². The van der Waals surface area contributed by atoms with E-state index in [1.165, 1.54) is 0 Å². The van der Waals surface area contributed by atoms with E-state index in [-0.39, 0.29) is 5.92 Å². The lowest BCUT2D eigenvalue weighted by Gasteiger charge is -2.07. The van der Waals surface area contributed by atoms with Crippen LogP contribution in [0.5, 0.6) is 0 Å². The van der Waals surface area contributed by atoms with Crippen molar-refractivity contribution in [1.29, 1.82) is 0 Å². The van der Waals surface area contributed by atoms with E-state index in [1.54, 1.807) is 7.11 Å². The van der Waals surface area contributed by atoms with E-state index < -0.39 is 0 Å². The van der Waals surface area contributed by atoms with Crippen LogP contribution in [-0.4, -0.2) is 28.5 Å². The maximum atomic E-state index is 5.80. The standard InChI is InChI=1S/C16H19N3O2/c1-11(2)15-17-18-16(21-15)14-10-12-6-4-5-7-13(12)19(14)8-9-20-3/h4-7,10-11H,8-9H2,1-3H3. The molecule has 0 fully saturated rings. The molecule has 0 saturated carbocycles. The number of para-hydroxylation sites is 1. The van der Waals surface area contributed by atoms with Gasteiger partial charge in [0.05, 0.1) is 6.61 Å². The minimum absolute atomic E-state index is 0.225. The summed E-state index contributed by atoms with van der Waals surface area (Å²) < 4.78 is 13.2. The van der Waals surface area contributed by atoms with E-state index in [0.717, 1.165) is 23.1 Å². The highest BCUT2D eigenvalue weighted by Crippen LogP contribution is 2.28. The van der Waals surface area contributed by atoms with Gasteiger partial charge in [0.2, 0.25) is 5.89 Å². The quantitative estimate of drug-likeness (QED) is 0.720. The van der Waals surface area contributed by atoms with Crippen LogP contribution < -0.4 is 0 Å². The van der Waals surface area contributed by atoms with Crippen molar-refractivity contribution < 1.29 is 9.15 Å². The van der Waals surface area contributed by atoms with Gasteiger partial charge in [-0.3, -0.25) is 0 Å². The van der Waals surface area contributed by atoms with Gasteiger partial charge in [-0.2, -0.15) is 0 Å². The van der Waals surface area contributed by atoms with Crippen molar-refractivity contribution in [2.24, 2.45) is 0 Å². The molecule has 5 nitrogen and oxygen atoms in total. The van der Waals surface area contributed by atoms with Crippen molar-refractivity contribution in [1.82, 2.24) is 14.8 Å². The molecule has 0 aliphatic carbocycles. The summed E-state index contributed by atoms with van der Waals surface area (Å²) in [5.41, 5.74) is 2.08. The van der Waals surface area contributed by atoms with Crippen LogP contribution >= 0.6 is 0 Å². The predicted molar refractivity (Wildman–Crippen MR) is 81.2 cm³/mol. The van der Waals surface area contributed by atoms with Crippen LogP contribution in [0.25, 0.3) is 22.5 Å². The number of nitrogens with zero attached hydrogens (tertiary/aromatic N) is 3. The maximum absolute atomic E-state index is 5.80. The normalized spacial score (nSPS) is 11.6. The molecule has 0 amide bonds. The number of hydrogen-bond acceptors (Lipinski definition) is 4. The fourth-order valence-electron chi connectivity index (χ4n) is 2.38. The van der Waals surface area contributed by atoms with Crippen molar-refractivity contribution in [3.8, 4) is 11.6 Å². The van der Waals surface area contributed by atoms with Crippen molar-refractivity contribution in [3.63, 3.8) is 0 Å². The van der Waals surface area contributed by atoms with Gasteiger partial charge in [0.1, 0.15) is 5.69 Å². The van der Waals surface area contributed by atoms with Crippen LogP contribution in [-0.2, 0) is 11.3 Å². The Hall–Kier alpha value is -2.14. The van der Waals surface area contributed by atoms with Gasteiger partial charge in [-0.25, -0.2) is 0 Å². The maximum Gasteiger partial charge on any atom is 0.264 e. The molecule has 21 heavy (non-hydrogen) atoms. The van der Waals surface area contributed by atoms with Gasteiger partial charge < -0.3 is 13.7 Å². The van der Waals surface area contributed by atoms with E-state index in [1.807, 2.05) is 26.0 Å². The molecule has 3 aromatic rings. The molecule has 2 aromatic heterocycles. The third-order valence-corrected chi connectivity index (χ3v) is 3.48. The predicted octanol–water partition coefficient (Wildman–Crippen LogP) is 3.46. The summed E-state index contributed by atoms with van der Waals surface area (Å²) >= 11 is 0. The summed E-state index contributed by atoms with van der Waals surface area (Å²) in [5, 5.41) is 9.48. The van der Waals surface area contributed by atoms with Gasteiger partial charge in [-0.05, 0) is 12.1 Å². The first kappa shape index (κ1) is 13.8. The van der Waals surface area contributed by atoms with E-state index in [0.29, 0.717) is 18.4 Å². The lowest BCUT2D eigenvalue weighted by molar-refractivity contribution is 0.188. The topological polar surface area (TPSA) is 53.1 Å². The third-order valence-electron chi connectivity index (χ3n) is 3.48. The van der Waals surface area contributed by atoms with E-state index in [4.69, 9.17) is 9.15 Å². The Balaban J connectivity index is 2.11. The average molecular weight is 285 g/mol. The van der Waals surface area contributed by atoms with E-state index in [2.05, 4.69) is 33.0 Å². The fourth-order valence-corrected chi connectivity index (χ4v) is 2.38. The van der Waals surface area contributed by atoms with Crippen molar-refractivity contribution in [2.75, 3.05) is 13.7 Å². The minimum Gasteiger partial charge on any atom is -0.419 e. The molecule has 1 aromatic carbocycles. The molecule has 0 saturated heterocycles. The Bertz CT molecular complexity index is 743. The second-order valence-corrected chi connectivity index (χ2v) is 5.33. The number of benzene rings is 1. The highest BCUT2D eigenvalue weighted by atomic mass is 16.5. The molecule has 0 unspecified atom stereocenters. The summed E-state index contributed by atoms with van der Waals surface area (Å²) in [7, 11) is 1.70. The zero-order chi connectivity index (χ0) is 14.8. The Morgan fingerprint density at radius 2 is 2.05 bits per heavy atom. The highest BCUT2D eigenvalue weighted by molar-refractivity contribution is 5.85. The average Bonchev–Trinajstić information content (AvgIpc) is 3.09. The van der Waals surface area contributed by atoms with Gasteiger partial charge >= 0.3 is 0 Å². The number of aromatic nitrogens is 3. The third kappa shape index (κ3) is 2.56. The Morgan fingerprint density at radius 1 is 1.24 bits per heavy atom. The number of ether oxygens (including phenoxy) is 1. The molecule has 0 aliphatic rings. The second kappa shape index (κ2) is 5.69. The van der Waals surface area contributed by atoms with Gasteiger partial charge in [-0.1, -0.05) is 32.0 Å². The van der Waals surface area contributed by atoms with Gasteiger partial charge in [-0.15, -0.1) is 10.2 Å². The summed E-state index contributed by atoms with van der Waals surface area (Å²) in [6, 6.07) is 10.3. The molecular weight excluding hydrogens is 266 g/mol. The van der Waals surface area contributed by atoms with Crippen molar-refractivity contribution in [2.45, 2.75) is 26.3 Å². The van der Waals surface area contributed by atoms with Gasteiger partial charge in [0.15, 0.2) is 0 Å². The summed E-state index contributed by atoms with van der Waals surface area (Å²) in [6.07, 6.45) is 0. The van der Waals surface area contributed by atoms with Crippen LogP contribution in [0, 0.1) is 0 Å². The SMILES string of the molecule is COCCn1c(-c2nnc(C(C)C)o2)cc2ccccc21.